The molecule has 1 aliphatic rings. The van der Waals surface area contributed by atoms with Crippen molar-refractivity contribution in [2.24, 2.45) is 13.0 Å². The molecule has 0 spiro atoms. The monoisotopic (exact) mass is 367 g/mol. The van der Waals surface area contributed by atoms with Crippen molar-refractivity contribution < 1.29 is 0 Å². The summed E-state index contributed by atoms with van der Waals surface area (Å²) in [6.07, 6.45) is 4.75. The van der Waals surface area contributed by atoms with Crippen LogP contribution in [0, 0.1) is 19.8 Å². The third-order valence-electron chi connectivity index (χ3n) is 5.14. The molecule has 0 aromatic carbocycles. The molecule has 4 heterocycles. The van der Waals surface area contributed by atoms with Crippen LogP contribution < -0.4 is 5.56 Å². The number of aromatic nitrogens is 6. The molecule has 1 saturated heterocycles. The Kier molecular flexibility index (Phi) is 4.65. The van der Waals surface area contributed by atoms with Gasteiger partial charge < -0.3 is 9.47 Å². The molecule has 3 aromatic heterocycles. The normalized spacial score (nSPS) is 15.2. The summed E-state index contributed by atoms with van der Waals surface area (Å²) in [5, 5.41) is 8.99. The minimum absolute atomic E-state index is 0.0615. The Morgan fingerprint density at radius 3 is 2.67 bits per heavy atom. The van der Waals surface area contributed by atoms with Gasteiger partial charge in [-0.15, -0.1) is 5.10 Å². The lowest BCUT2D eigenvalue weighted by molar-refractivity contribution is 0.0851. The van der Waals surface area contributed by atoms with Crippen LogP contribution in [0.3, 0.4) is 0 Å². The molecular formula is C19H25N7O. The number of hydrogen-bond acceptors (Lipinski definition) is 5. The summed E-state index contributed by atoms with van der Waals surface area (Å²) >= 11 is 0. The van der Waals surface area contributed by atoms with E-state index >= 15 is 0 Å². The molecule has 8 nitrogen and oxygen atoms in total. The van der Waals surface area contributed by atoms with Gasteiger partial charge in [-0.1, -0.05) is 0 Å². The SMILES string of the molecule is Cc1cc(C)n(-c2ccc(=O)n(CC3CN(CCc4cncn4C)C3)n2)n1. The standard InChI is InChI=1S/C19H25N7O/c1-14-8-15(2)26(21-14)18-4-5-19(27)25(22-18)12-16-10-24(11-16)7-6-17-9-20-13-23(17)3/h4-5,8-9,13,16H,6-7,10-12H2,1-3H3. The molecular weight excluding hydrogens is 342 g/mol. The number of imidazole rings is 1. The molecule has 142 valence electrons. The second-order valence-corrected chi connectivity index (χ2v) is 7.42. The fourth-order valence-electron chi connectivity index (χ4n) is 3.66. The molecule has 0 atom stereocenters. The first-order valence-corrected chi connectivity index (χ1v) is 9.29. The van der Waals surface area contributed by atoms with Crippen molar-refractivity contribution in [1.82, 2.24) is 34.0 Å². The summed E-state index contributed by atoms with van der Waals surface area (Å²) in [7, 11) is 2.02. The molecule has 8 heteroatoms. The molecule has 0 aliphatic carbocycles. The first-order chi connectivity index (χ1) is 13.0. The zero-order chi connectivity index (χ0) is 19.0. The summed E-state index contributed by atoms with van der Waals surface area (Å²) in [6, 6.07) is 5.32. The number of likely N-dealkylation sites (tertiary alicyclic amines) is 1. The van der Waals surface area contributed by atoms with E-state index in [0.29, 0.717) is 18.3 Å². The maximum atomic E-state index is 12.2. The van der Waals surface area contributed by atoms with Gasteiger partial charge in [0.1, 0.15) is 0 Å². The molecule has 1 aliphatic heterocycles. The lowest BCUT2D eigenvalue weighted by Crippen LogP contribution is -2.50. The Bertz CT molecular complexity index is 994. The lowest BCUT2D eigenvalue weighted by Gasteiger charge is -2.39. The zero-order valence-electron chi connectivity index (χ0n) is 16.0. The second-order valence-electron chi connectivity index (χ2n) is 7.42. The van der Waals surface area contributed by atoms with Gasteiger partial charge in [-0.3, -0.25) is 4.79 Å². The lowest BCUT2D eigenvalue weighted by atomic mass is 10.00. The maximum Gasteiger partial charge on any atom is 0.266 e. The molecule has 0 radical (unpaired) electrons. The highest BCUT2D eigenvalue weighted by atomic mass is 16.1. The Morgan fingerprint density at radius 2 is 2.00 bits per heavy atom. The smallest absolute Gasteiger partial charge is 0.266 e. The molecule has 3 aromatic rings. The highest BCUT2D eigenvalue weighted by Crippen LogP contribution is 2.17. The number of rotatable bonds is 6. The zero-order valence-corrected chi connectivity index (χ0v) is 16.0. The summed E-state index contributed by atoms with van der Waals surface area (Å²) in [6.45, 7) is 7.60. The predicted octanol–water partition coefficient (Wildman–Crippen LogP) is 0.954. The molecule has 0 N–H and O–H groups in total. The van der Waals surface area contributed by atoms with Crippen LogP contribution in [0.25, 0.3) is 5.82 Å². The van der Waals surface area contributed by atoms with E-state index in [1.54, 1.807) is 21.5 Å². The number of hydrogen-bond donors (Lipinski definition) is 0. The van der Waals surface area contributed by atoms with E-state index in [-0.39, 0.29) is 5.56 Å². The molecule has 0 unspecified atom stereocenters. The predicted molar refractivity (Wildman–Crippen MR) is 102 cm³/mol. The van der Waals surface area contributed by atoms with Gasteiger partial charge in [0.25, 0.3) is 5.56 Å². The summed E-state index contributed by atoms with van der Waals surface area (Å²) < 4.78 is 5.42. The van der Waals surface area contributed by atoms with Crippen molar-refractivity contribution in [1.29, 1.82) is 0 Å². The highest BCUT2D eigenvalue weighted by molar-refractivity contribution is 5.23. The Balaban J connectivity index is 1.36. The van der Waals surface area contributed by atoms with Gasteiger partial charge in [0.05, 0.1) is 18.6 Å². The van der Waals surface area contributed by atoms with Crippen molar-refractivity contribution in [3.8, 4) is 5.82 Å². The Hall–Kier alpha value is -2.74. The summed E-state index contributed by atoms with van der Waals surface area (Å²) in [4.78, 5) is 18.8. The van der Waals surface area contributed by atoms with Crippen LogP contribution in [0.4, 0.5) is 0 Å². The van der Waals surface area contributed by atoms with Crippen molar-refractivity contribution in [2.75, 3.05) is 19.6 Å². The Labute approximate surface area is 158 Å². The van der Waals surface area contributed by atoms with Gasteiger partial charge in [-0.05, 0) is 26.0 Å². The van der Waals surface area contributed by atoms with Crippen LogP contribution in [-0.4, -0.2) is 53.6 Å². The molecule has 4 rings (SSSR count). The van der Waals surface area contributed by atoms with E-state index in [0.717, 1.165) is 37.4 Å². The highest BCUT2D eigenvalue weighted by Gasteiger charge is 2.27. The Morgan fingerprint density at radius 1 is 1.19 bits per heavy atom. The van der Waals surface area contributed by atoms with E-state index in [2.05, 4.69) is 24.6 Å². The summed E-state index contributed by atoms with van der Waals surface area (Å²) in [5.74, 6) is 1.14. The molecule has 27 heavy (non-hydrogen) atoms. The van der Waals surface area contributed by atoms with E-state index < -0.39 is 0 Å². The van der Waals surface area contributed by atoms with Crippen molar-refractivity contribution >= 4 is 0 Å². The van der Waals surface area contributed by atoms with Gasteiger partial charge in [0, 0.05) is 62.7 Å². The average Bonchev–Trinajstić information content (AvgIpc) is 3.16. The van der Waals surface area contributed by atoms with E-state index in [9.17, 15) is 4.79 Å². The van der Waals surface area contributed by atoms with Crippen LogP contribution in [0.15, 0.2) is 35.5 Å². The van der Waals surface area contributed by atoms with Crippen LogP contribution in [-0.2, 0) is 20.0 Å². The van der Waals surface area contributed by atoms with Crippen LogP contribution in [0.1, 0.15) is 17.1 Å². The molecule has 0 bridgehead atoms. The van der Waals surface area contributed by atoms with Gasteiger partial charge in [0.15, 0.2) is 5.82 Å². The second kappa shape index (κ2) is 7.11. The third-order valence-corrected chi connectivity index (χ3v) is 5.14. The first kappa shape index (κ1) is 17.7. The van der Waals surface area contributed by atoms with E-state index in [4.69, 9.17) is 0 Å². The molecule has 0 saturated carbocycles. The number of nitrogens with zero attached hydrogens (tertiary/aromatic N) is 7. The van der Waals surface area contributed by atoms with Crippen molar-refractivity contribution in [2.45, 2.75) is 26.8 Å². The van der Waals surface area contributed by atoms with Crippen molar-refractivity contribution in [3.63, 3.8) is 0 Å². The van der Waals surface area contributed by atoms with Crippen LogP contribution in [0.2, 0.25) is 0 Å². The quantitative estimate of drug-likeness (QED) is 0.649. The fourth-order valence-corrected chi connectivity index (χ4v) is 3.66. The largest absolute Gasteiger partial charge is 0.338 e. The topological polar surface area (TPSA) is 73.8 Å². The van der Waals surface area contributed by atoms with Crippen molar-refractivity contribution in [3.05, 3.63) is 58.2 Å². The molecule has 0 amide bonds. The van der Waals surface area contributed by atoms with Gasteiger partial charge in [-0.25, -0.2) is 14.3 Å². The van der Waals surface area contributed by atoms with Gasteiger partial charge in [0.2, 0.25) is 0 Å². The van der Waals surface area contributed by atoms with E-state index in [1.165, 1.54) is 5.69 Å². The van der Waals surface area contributed by atoms with Crippen LogP contribution >= 0.6 is 0 Å². The van der Waals surface area contributed by atoms with Crippen LogP contribution in [0.5, 0.6) is 0 Å². The minimum Gasteiger partial charge on any atom is -0.338 e. The summed E-state index contributed by atoms with van der Waals surface area (Å²) in [5.41, 5.74) is 3.13. The fraction of sp³-hybridized carbons (Fsp3) is 0.474. The first-order valence-electron chi connectivity index (χ1n) is 9.29. The number of aryl methyl sites for hydroxylation is 3. The van der Waals surface area contributed by atoms with Gasteiger partial charge in [-0.2, -0.15) is 5.10 Å². The molecule has 1 fully saturated rings. The average molecular weight is 367 g/mol. The third kappa shape index (κ3) is 3.71. The van der Waals surface area contributed by atoms with E-state index in [1.807, 2.05) is 39.5 Å². The maximum absolute atomic E-state index is 12.2. The van der Waals surface area contributed by atoms with Gasteiger partial charge >= 0.3 is 0 Å². The minimum atomic E-state index is -0.0615.